The van der Waals surface area contributed by atoms with Crippen LogP contribution in [0.25, 0.3) is 0 Å². The maximum atomic E-state index is 13.0. The van der Waals surface area contributed by atoms with Gasteiger partial charge in [-0.05, 0) is 30.9 Å². The van der Waals surface area contributed by atoms with Crippen LogP contribution >= 0.6 is 0 Å². The number of likely N-dealkylation sites (tertiary alicyclic amines) is 2. The van der Waals surface area contributed by atoms with E-state index in [1.807, 2.05) is 43.0 Å². The van der Waals surface area contributed by atoms with Crippen molar-refractivity contribution in [1.29, 1.82) is 0 Å². The van der Waals surface area contributed by atoms with Gasteiger partial charge in [-0.25, -0.2) is 4.79 Å². The van der Waals surface area contributed by atoms with Crippen molar-refractivity contribution in [3.63, 3.8) is 0 Å². The van der Waals surface area contributed by atoms with E-state index in [0.717, 1.165) is 11.5 Å². The van der Waals surface area contributed by atoms with E-state index < -0.39 is 5.79 Å². The standard InChI is InChI=1S/C21H28N2O5/c1-15(2)13-26-20(25)22-10-7-16(8-11-22)19(24)23-12-9-21(14-23)27-17-5-3-4-6-18(17)28-21/h3-6,15-16H,7-14H2,1-2H3. The summed E-state index contributed by atoms with van der Waals surface area (Å²) in [7, 11) is 0. The van der Waals surface area contributed by atoms with E-state index in [1.54, 1.807) is 4.90 Å². The van der Waals surface area contributed by atoms with Gasteiger partial charge in [0.2, 0.25) is 5.91 Å². The van der Waals surface area contributed by atoms with Crippen LogP contribution in [0, 0.1) is 11.8 Å². The highest BCUT2D eigenvalue weighted by Crippen LogP contribution is 2.43. The molecular formula is C21H28N2O5. The minimum absolute atomic E-state index is 0.0620. The average Bonchev–Trinajstić information content (AvgIpc) is 3.28. The minimum Gasteiger partial charge on any atom is -0.449 e. The Hall–Kier alpha value is -2.44. The van der Waals surface area contributed by atoms with Gasteiger partial charge in [0.1, 0.15) is 0 Å². The quantitative estimate of drug-likeness (QED) is 0.796. The second kappa shape index (κ2) is 7.53. The van der Waals surface area contributed by atoms with Gasteiger partial charge in [0, 0.05) is 32.0 Å². The Morgan fingerprint density at radius 2 is 1.75 bits per heavy atom. The van der Waals surface area contributed by atoms with Gasteiger partial charge < -0.3 is 24.0 Å². The minimum atomic E-state index is -0.749. The Morgan fingerprint density at radius 1 is 1.11 bits per heavy atom. The summed E-state index contributed by atoms with van der Waals surface area (Å²) < 4.78 is 17.4. The number of para-hydroxylation sites is 2. The summed E-state index contributed by atoms with van der Waals surface area (Å²) in [5.74, 6) is 1.12. The lowest BCUT2D eigenvalue weighted by atomic mass is 9.95. The molecule has 2 amide bonds. The van der Waals surface area contributed by atoms with Crippen LogP contribution < -0.4 is 9.47 Å². The SMILES string of the molecule is CC(C)COC(=O)N1CCC(C(=O)N2CCC3(C2)Oc2ccccc2O3)CC1. The maximum absolute atomic E-state index is 13.0. The van der Waals surface area contributed by atoms with E-state index in [0.29, 0.717) is 58.0 Å². The summed E-state index contributed by atoms with van der Waals surface area (Å²) in [6, 6.07) is 7.61. The molecule has 28 heavy (non-hydrogen) atoms. The third-order valence-electron chi connectivity index (χ3n) is 5.59. The highest BCUT2D eigenvalue weighted by Gasteiger charge is 2.49. The molecule has 0 radical (unpaired) electrons. The first-order chi connectivity index (χ1) is 13.5. The number of carbonyl (C=O) groups excluding carboxylic acids is 2. The second-order valence-corrected chi connectivity index (χ2v) is 8.30. The Balaban J connectivity index is 1.28. The zero-order chi connectivity index (χ0) is 19.7. The summed E-state index contributed by atoms with van der Waals surface area (Å²) in [6.07, 6.45) is 1.72. The lowest BCUT2D eigenvalue weighted by Gasteiger charge is -2.33. The molecule has 0 atom stereocenters. The fraction of sp³-hybridized carbons (Fsp3) is 0.619. The number of hydrogen-bond donors (Lipinski definition) is 0. The zero-order valence-corrected chi connectivity index (χ0v) is 16.6. The fourth-order valence-electron chi connectivity index (χ4n) is 4.05. The molecular weight excluding hydrogens is 360 g/mol. The number of rotatable bonds is 3. The van der Waals surface area contributed by atoms with Crippen LogP contribution in [0.4, 0.5) is 4.79 Å². The number of hydrogen-bond acceptors (Lipinski definition) is 5. The lowest BCUT2D eigenvalue weighted by molar-refractivity contribution is -0.139. The summed E-state index contributed by atoms with van der Waals surface area (Å²) in [4.78, 5) is 28.6. The number of fused-ring (bicyclic) bond motifs is 1. The predicted molar refractivity (Wildman–Crippen MR) is 102 cm³/mol. The van der Waals surface area contributed by atoms with Crippen molar-refractivity contribution in [3.8, 4) is 11.5 Å². The molecule has 7 heteroatoms. The van der Waals surface area contributed by atoms with Crippen molar-refractivity contribution in [1.82, 2.24) is 9.80 Å². The molecule has 4 rings (SSSR count). The monoisotopic (exact) mass is 388 g/mol. The smallest absolute Gasteiger partial charge is 0.409 e. The molecule has 1 aromatic carbocycles. The first kappa shape index (κ1) is 18.9. The molecule has 3 heterocycles. The van der Waals surface area contributed by atoms with Gasteiger partial charge in [-0.3, -0.25) is 4.79 Å². The second-order valence-electron chi connectivity index (χ2n) is 8.30. The largest absolute Gasteiger partial charge is 0.449 e. The zero-order valence-electron chi connectivity index (χ0n) is 16.6. The molecule has 1 aromatic rings. The highest BCUT2D eigenvalue weighted by molar-refractivity contribution is 5.80. The molecule has 0 bridgehead atoms. The topological polar surface area (TPSA) is 68.3 Å². The Morgan fingerprint density at radius 3 is 2.36 bits per heavy atom. The van der Waals surface area contributed by atoms with E-state index in [2.05, 4.69) is 0 Å². The lowest BCUT2D eigenvalue weighted by Crippen LogP contribution is -2.46. The molecule has 0 N–H and O–H groups in total. The molecule has 3 aliphatic rings. The molecule has 3 aliphatic heterocycles. The Bertz CT molecular complexity index is 717. The summed E-state index contributed by atoms with van der Waals surface area (Å²) in [5, 5.41) is 0. The average molecular weight is 388 g/mol. The van der Waals surface area contributed by atoms with Gasteiger partial charge >= 0.3 is 6.09 Å². The predicted octanol–water partition coefficient (Wildman–Crippen LogP) is 2.89. The van der Waals surface area contributed by atoms with Gasteiger partial charge in [-0.1, -0.05) is 26.0 Å². The first-order valence-corrected chi connectivity index (χ1v) is 10.1. The number of amides is 2. The van der Waals surface area contributed by atoms with Crippen LogP contribution in [0.3, 0.4) is 0 Å². The van der Waals surface area contributed by atoms with Gasteiger partial charge in [0.05, 0.1) is 13.2 Å². The molecule has 0 saturated carbocycles. The molecule has 2 saturated heterocycles. The Kier molecular flexibility index (Phi) is 5.08. The third kappa shape index (κ3) is 3.75. The van der Waals surface area contributed by atoms with Crippen molar-refractivity contribution in [2.45, 2.75) is 38.9 Å². The normalized spacial score (nSPS) is 20.8. The van der Waals surface area contributed by atoms with E-state index in [9.17, 15) is 9.59 Å². The molecule has 0 aliphatic carbocycles. The fourth-order valence-corrected chi connectivity index (χ4v) is 4.05. The number of ether oxygens (including phenoxy) is 3. The maximum Gasteiger partial charge on any atom is 0.409 e. The highest BCUT2D eigenvalue weighted by atomic mass is 16.7. The van der Waals surface area contributed by atoms with Crippen LogP contribution in [0.5, 0.6) is 11.5 Å². The van der Waals surface area contributed by atoms with Crippen LogP contribution in [0.15, 0.2) is 24.3 Å². The number of nitrogens with zero attached hydrogens (tertiary/aromatic N) is 2. The Labute approximate surface area is 165 Å². The number of benzene rings is 1. The van der Waals surface area contributed by atoms with E-state index >= 15 is 0 Å². The van der Waals surface area contributed by atoms with Crippen molar-refractivity contribution in [2.24, 2.45) is 11.8 Å². The van der Waals surface area contributed by atoms with Crippen LogP contribution in [-0.4, -0.2) is 60.4 Å². The van der Waals surface area contributed by atoms with Crippen LogP contribution in [0.2, 0.25) is 0 Å². The van der Waals surface area contributed by atoms with Crippen molar-refractivity contribution < 1.29 is 23.8 Å². The summed E-state index contributed by atoms with van der Waals surface area (Å²) in [5.41, 5.74) is 0. The van der Waals surface area contributed by atoms with Crippen molar-refractivity contribution in [2.75, 3.05) is 32.8 Å². The molecule has 152 valence electrons. The van der Waals surface area contributed by atoms with Gasteiger partial charge in [-0.2, -0.15) is 0 Å². The first-order valence-electron chi connectivity index (χ1n) is 10.1. The van der Waals surface area contributed by atoms with Gasteiger partial charge in [0.15, 0.2) is 11.5 Å². The third-order valence-corrected chi connectivity index (χ3v) is 5.59. The van der Waals surface area contributed by atoms with Crippen molar-refractivity contribution >= 4 is 12.0 Å². The molecule has 0 aromatic heterocycles. The summed E-state index contributed by atoms with van der Waals surface area (Å²) >= 11 is 0. The van der Waals surface area contributed by atoms with Gasteiger partial charge in [0.25, 0.3) is 5.79 Å². The van der Waals surface area contributed by atoms with Crippen molar-refractivity contribution in [3.05, 3.63) is 24.3 Å². The van der Waals surface area contributed by atoms with E-state index in [-0.39, 0.29) is 17.9 Å². The number of carbonyl (C=O) groups is 2. The molecule has 0 unspecified atom stereocenters. The molecule has 1 spiro atoms. The van der Waals surface area contributed by atoms with Crippen LogP contribution in [-0.2, 0) is 9.53 Å². The molecule has 7 nitrogen and oxygen atoms in total. The van der Waals surface area contributed by atoms with Crippen LogP contribution in [0.1, 0.15) is 33.1 Å². The summed E-state index contributed by atoms with van der Waals surface area (Å²) in [6.45, 7) is 6.64. The number of piperidine rings is 1. The van der Waals surface area contributed by atoms with E-state index in [4.69, 9.17) is 14.2 Å². The van der Waals surface area contributed by atoms with Gasteiger partial charge in [-0.15, -0.1) is 0 Å². The molecule has 2 fully saturated rings. The van der Waals surface area contributed by atoms with E-state index in [1.165, 1.54) is 0 Å².